The largest absolute Gasteiger partial charge is 0.466 e. The van der Waals surface area contributed by atoms with Crippen LogP contribution in [0.25, 0.3) is 0 Å². The second-order valence-electron chi connectivity index (χ2n) is 5.62. The predicted molar refractivity (Wildman–Crippen MR) is 70.1 cm³/mol. The van der Waals surface area contributed by atoms with Crippen molar-refractivity contribution in [1.82, 2.24) is 0 Å². The van der Waals surface area contributed by atoms with Gasteiger partial charge in [-0.1, -0.05) is 0 Å². The number of carbonyl (C=O) groups excluding carboxylic acids is 2. The van der Waals surface area contributed by atoms with Crippen molar-refractivity contribution in [2.24, 2.45) is 5.92 Å². The molecule has 0 radical (unpaired) electrons. The summed E-state index contributed by atoms with van der Waals surface area (Å²) in [6.45, 7) is 7.04. The van der Waals surface area contributed by atoms with E-state index in [0.717, 1.165) is 0 Å². The topological polar surface area (TPSA) is 80.3 Å². The minimum Gasteiger partial charge on any atom is -0.466 e. The summed E-state index contributed by atoms with van der Waals surface area (Å²) in [5, 5.41) is 0. The van der Waals surface area contributed by atoms with Gasteiger partial charge in [0.25, 0.3) is 0 Å². The van der Waals surface area contributed by atoms with Gasteiger partial charge in [-0.3, -0.25) is 9.59 Å². The monoisotopic (exact) mass is 302 g/mol. The first-order valence-electron chi connectivity index (χ1n) is 7.12. The van der Waals surface area contributed by atoms with Gasteiger partial charge in [0.2, 0.25) is 0 Å². The second kappa shape index (κ2) is 6.29. The highest BCUT2D eigenvalue weighted by Crippen LogP contribution is 2.42. The Hall–Kier alpha value is -1.18. The summed E-state index contributed by atoms with van der Waals surface area (Å²) in [5.74, 6) is -1.75. The molecule has 7 nitrogen and oxygen atoms in total. The van der Waals surface area contributed by atoms with Crippen LogP contribution in [-0.4, -0.2) is 49.4 Å². The average Bonchev–Trinajstić information content (AvgIpc) is 2.81. The smallest absolute Gasteiger partial charge is 0.306 e. The fourth-order valence-corrected chi connectivity index (χ4v) is 2.66. The molecule has 7 heteroatoms. The molecule has 0 aromatic rings. The minimum atomic E-state index is -0.755. The van der Waals surface area contributed by atoms with Gasteiger partial charge in [0.1, 0.15) is 18.8 Å². The lowest BCUT2D eigenvalue weighted by molar-refractivity contribution is -0.216. The minimum absolute atomic E-state index is 0.0690. The Morgan fingerprint density at radius 3 is 2.52 bits per heavy atom. The van der Waals surface area contributed by atoms with Crippen LogP contribution in [0.2, 0.25) is 0 Å². The Labute approximate surface area is 123 Å². The van der Waals surface area contributed by atoms with Gasteiger partial charge in [0.15, 0.2) is 12.1 Å². The van der Waals surface area contributed by atoms with E-state index in [9.17, 15) is 9.59 Å². The van der Waals surface area contributed by atoms with Crippen molar-refractivity contribution in [1.29, 1.82) is 0 Å². The van der Waals surface area contributed by atoms with Gasteiger partial charge in [0.05, 0.1) is 13.0 Å². The molecule has 0 unspecified atom stereocenters. The van der Waals surface area contributed by atoms with E-state index in [-0.39, 0.29) is 31.0 Å². The number of rotatable bonds is 5. The highest BCUT2D eigenvalue weighted by molar-refractivity contribution is 5.70. The molecule has 2 aliphatic rings. The highest BCUT2D eigenvalue weighted by atomic mass is 16.8. The van der Waals surface area contributed by atoms with Crippen LogP contribution in [0.1, 0.15) is 34.1 Å². The van der Waals surface area contributed by atoms with Crippen LogP contribution >= 0.6 is 0 Å². The zero-order valence-electron chi connectivity index (χ0n) is 12.8. The van der Waals surface area contributed by atoms with Crippen LogP contribution in [0.4, 0.5) is 0 Å². The summed E-state index contributed by atoms with van der Waals surface area (Å²) >= 11 is 0. The van der Waals surface area contributed by atoms with E-state index >= 15 is 0 Å². The summed E-state index contributed by atoms with van der Waals surface area (Å²) in [6.07, 6.45) is -1.23. The Bertz CT molecular complexity index is 406. The predicted octanol–water partition coefficient (Wildman–Crippen LogP) is 0.995. The number of esters is 2. The average molecular weight is 302 g/mol. The van der Waals surface area contributed by atoms with Crippen molar-refractivity contribution in [2.75, 3.05) is 13.2 Å². The Morgan fingerprint density at radius 1 is 1.19 bits per heavy atom. The normalized spacial score (nSPS) is 33.5. The Kier molecular flexibility index (Phi) is 4.85. The molecule has 2 aliphatic heterocycles. The Morgan fingerprint density at radius 2 is 1.90 bits per heavy atom. The summed E-state index contributed by atoms with van der Waals surface area (Å²) in [6, 6.07) is 0. The van der Waals surface area contributed by atoms with Gasteiger partial charge in [-0.25, -0.2) is 0 Å². The molecule has 4 atom stereocenters. The molecule has 2 heterocycles. The van der Waals surface area contributed by atoms with Crippen LogP contribution < -0.4 is 0 Å². The number of carbonyl (C=O) groups is 2. The molecule has 21 heavy (non-hydrogen) atoms. The van der Waals surface area contributed by atoms with Gasteiger partial charge < -0.3 is 23.7 Å². The van der Waals surface area contributed by atoms with Crippen LogP contribution in [-0.2, 0) is 33.3 Å². The third-order valence-corrected chi connectivity index (χ3v) is 3.46. The summed E-state index contributed by atoms with van der Waals surface area (Å²) < 4.78 is 27.1. The van der Waals surface area contributed by atoms with Crippen molar-refractivity contribution in [2.45, 2.75) is 58.4 Å². The van der Waals surface area contributed by atoms with Gasteiger partial charge >= 0.3 is 11.9 Å². The molecule has 120 valence electrons. The molecular formula is C14H22O7. The fourth-order valence-electron chi connectivity index (χ4n) is 2.66. The summed E-state index contributed by atoms with van der Waals surface area (Å²) in [4.78, 5) is 22.7. The molecule has 0 spiro atoms. The van der Waals surface area contributed by atoms with Crippen molar-refractivity contribution < 1.29 is 33.3 Å². The lowest BCUT2D eigenvalue weighted by Crippen LogP contribution is -2.34. The molecule has 0 saturated carbocycles. The molecule has 2 saturated heterocycles. The van der Waals surface area contributed by atoms with Gasteiger partial charge in [-0.15, -0.1) is 0 Å². The fraction of sp³-hybridized carbons (Fsp3) is 0.857. The van der Waals surface area contributed by atoms with Crippen molar-refractivity contribution >= 4 is 11.9 Å². The molecular weight excluding hydrogens is 280 g/mol. The summed E-state index contributed by atoms with van der Waals surface area (Å²) in [7, 11) is 0. The maximum atomic E-state index is 11.8. The quantitative estimate of drug-likeness (QED) is 0.701. The van der Waals surface area contributed by atoms with E-state index in [1.165, 1.54) is 6.92 Å². The maximum absolute atomic E-state index is 11.8. The van der Waals surface area contributed by atoms with Gasteiger partial charge in [-0.2, -0.15) is 0 Å². The molecule has 0 bridgehead atoms. The third-order valence-electron chi connectivity index (χ3n) is 3.46. The first-order valence-corrected chi connectivity index (χ1v) is 7.12. The number of fused-ring (bicyclic) bond motifs is 1. The Balaban J connectivity index is 2.04. The number of hydrogen-bond donors (Lipinski definition) is 0. The van der Waals surface area contributed by atoms with Gasteiger partial charge in [-0.05, 0) is 20.8 Å². The van der Waals surface area contributed by atoms with Gasteiger partial charge in [0, 0.05) is 12.8 Å². The molecule has 0 amide bonds. The SMILES string of the molecule is CCOC(=O)C[C@H]1[C@H]2OC(C)(C)O[C@H]2O[C@@H]1COC(C)=O. The van der Waals surface area contributed by atoms with Crippen LogP contribution in [0, 0.1) is 5.92 Å². The van der Waals surface area contributed by atoms with E-state index in [1.807, 2.05) is 0 Å². The number of hydrogen-bond acceptors (Lipinski definition) is 7. The molecule has 0 aliphatic carbocycles. The van der Waals surface area contributed by atoms with E-state index in [2.05, 4.69) is 0 Å². The maximum Gasteiger partial charge on any atom is 0.306 e. The third kappa shape index (κ3) is 3.93. The zero-order valence-corrected chi connectivity index (χ0v) is 12.8. The lowest BCUT2D eigenvalue weighted by atomic mass is 9.95. The van der Waals surface area contributed by atoms with E-state index in [0.29, 0.717) is 6.61 Å². The molecule has 2 fully saturated rings. The van der Waals surface area contributed by atoms with Crippen LogP contribution in [0.15, 0.2) is 0 Å². The first kappa shape index (κ1) is 16.2. The molecule has 0 aromatic carbocycles. The first-order chi connectivity index (χ1) is 9.82. The second-order valence-corrected chi connectivity index (χ2v) is 5.62. The van der Waals surface area contributed by atoms with Crippen molar-refractivity contribution in [3.8, 4) is 0 Å². The van der Waals surface area contributed by atoms with E-state index in [4.69, 9.17) is 23.7 Å². The number of ether oxygens (including phenoxy) is 5. The molecule has 2 rings (SSSR count). The molecule has 0 N–H and O–H groups in total. The van der Waals surface area contributed by atoms with Crippen LogP contribution in [0.5, 0.6) is 0 Å². The molecule has 0 aromatic heterocycles. The van der Waals surface area contributed by atoms with Crippen LogP contribution in [0.3, 0.4) is 0 Å². The lowest BCUT2D eigenvalue weighted by Gasteiger charge is -2.25. The van der Waals surface area contributed by atoms with Crippen molar-refractivity contribution in [3.63, 3.8) is 0 Å². The van der Waals surface area contributed by atoms with E-state index < -0.39 is 24.2 Å². The zero-order chi connectivity index (χ0) is 15.6. The van der Waals surface area contributed by atoms with Crippen molar-refractivity contribution in [3.05, 3.63) is 0 Å². The summed E-state index contributed by atoms with van der Waals surface area (Å²) in [5.41, 5.74) is 0. The van der Waals surface area contributed by atoms with E-state index in [1.54, 1.807) is 20.8 Å². The highest BCUT2D eigenvalue weighted by Gasteiger charge is 2.55. The standard InChI is InChI=1S/C14H22O7/c1-5-17-11(16)6-9-10(7-18-8(2)15)19-13-12(9)20-14(3,4)21-13/h9-10,12-13H,5-7H2,1-4H3/t9-,10-,12-,13-/m1/s1.